The first kappa shape index (κ1) is 25.4. The minimum atomic E-state index is -1.20. The van der Waals surface area contributed by atoms with Crippen LogP contribution >= 0.6 is 0 Å². The summed E-state index contributed by atoms with van der Waals surface area (Å²) in [6, 6.07) is 12.7. The zero-order chi connectivity index (χ0) is 25.5. The number of fused-ring (bicyclic) bond motifs is 1. The van der Waals surface area contributed by atoms with Crippen molar-refractivity contribution in [1.29, 1.82) is 0 Å². The number of urea groups is 1. The normalized spacial score (nSPS) is 15.6. The van der Waals surface area contributed by atoms with E-state index in [1.807, 2.05) is 30.5 Å². The lowest BCUT2D eigenvalue weighted by Gasteiger charge is -2.31. The van der Waals surface area contributed by atoms with Gasteiger partial charge in [-0.05, 0) is 49.4 Å². The van der Waals surface area contributed by atoms with Gasteiger partial charge < -0.3 is 30.4 Å². The summed E-state index contributed by atoms with van der Waals surface area (Å²) in [7, 11) is 3.05. The average Bonchev–Trinajstić information content (AvgIpc) is 3.30. The topological polar surface area (TPSA) is 104 Å². The standard InChI is InChI=1S/C28H36N4O4/c1-28(26(33)30-17-19-10-5-4-6-11-19,16-20-18-29-22-13-8-7-12-21(20)22)32-27(34)31-25-23(35-2)14-9-15-24(25)36-3/h7-9,12-15,18-19,29H,4-6,10-11,16-17H2,1-3H3,(H,30,33)(H2,31,32,34)/t28-/m0/s1. The van der Waals surface area contributed by atoms with Crippen LogP contribution in [-0.4, -0.2) is 43.2 Å². The fourth-order valence-corrected chi connectivity index (χ4v) is 5.03. The Balaban J connectivity index is 1.56. The molecule has 36 heavy (non-hydrogen) atoms. The first-order chi connectivity index (χ1) is 17.4. The number of carbonyl (C=O) groups is 2. The number of aromatic amines is 1. The number of anilines is 1. The molecule has 1 aliphatic carbocycles. The van der Waals surface area contributed by atoms with Gasteiger partial charge in [0.05, 0.1) is 14.2 Å². The second-order valence-corrected chi connectivity index (χ2v) is 9.70. The minimum absolute atomic E-state index is 0.208. The molecule has 1 atom stereocenters. The SMILES string of the molecule is COc1cccc(OC)c1NC(=O)N[C@@](C)(Cc1c[nH]c2ccccc12)C(=O)NCC1CCCCC1. The van der Waals surface area contributed by atoms with Crippen LogP contribution in [-0.2, 0) is 11.2 Å². The van der Waals surface area contributed by atoms with Crippen molar-refractivity contribution >= 4 is 28.5 Å². The summed E-state index contributed by atoms with van der Waals surface area (Å²) >= 11 is 0. The predicted molar refractivity (Wildman–Crippen MR) is 142 cm³/mol. The van der Waals surface area contributed by atoms with Gasteiger partial charge in [0, 0.05) is 30.1 Å². The van der Waals surface area contributed by atoms with Crippen LogP contribution in [0.15, 0.2) is 48.7 Å². The maximum absolute atomic E-state index is 13.6. The third kappa shape index (κ3) is 5.75. The molecule has 1 aliphatic rings. The molecule has 0 radical (unpaired) electrons. The molecule has 2 aromatic carbocycles. The monoisotopic (exact) mass is 492 g/mol. The zero-order valence-corrected chi connectivity index (χ0v) is 21.3. The van der Waals surface area contributed by atoms with Crippen molar-refractivity contribution in [2.24, 2.45) is 5.92 Å². The van der Waals surface area contributed by atoms with E-state index in [-0.39, 0.29) is 5.91 Å². The van der Waals surface area contributed by atoms with Gasteiger partial charge in [0.15, 0.2) is 0 Å². The fraction of sp³-hybridized carbons (Fsp3) is 0.429. The quantitative estimate of drug-likeness (QED) is 0.337. The van der Waals surface area contributed by atoms with Gasteiger partial charge in [0.2, 0.25) is 5.91 Å². The summed E-state index contributed by atoms with van der Waals surface area (Å²) in [5.74, 6) is 1.20. The Morgan fingerprint density at radius 1 is 1.00 bits per heavy atom. The molecule has 0 saturated heterocycles. The fourth-order valence-electron chi connectivity index (χ4n) is 5.03. The Hall–Kier alpha value is -3.68. The predicted octanol–water partition coefficient (Wildman–Crippen LogP) is 5.00. The van der Waals surface area contributed by atoms with Crippen LogP contribution in [0.25, 0.3) is 10.9 Å². The number of aromatic nitrogens is 1. The summed E-state index contributed by atoms with van der Waals surface area (Å²) in [5.41, 5.74) is 1.15. The van der Waals surface area contributed by atoms with E-state index < -0.39 is 11.6 Å². The number of ether oxygens (including phenoxy) is 2. The summed E-state index contributed by atoms with van der Waals surface area (Å²) < 4.78 is 10.8. The number of methoxy groups -OCH3 is 2. The molecule has 0 bridgehead atoms. The zero-order valence-electron chi connectivity index (χ0n) is 21.3. The van der Waals surface area contributed by atoms with Crippen molar-refractivity contribution < 1.29 is 19.1 Å². The van der Waals surface area contributed by atoms with Gasteiger partial charge in [-0.2, -0.15) is 0 Å². The molecule has 1 fully saturated rings. The van der Waals surface area contributed by atoms with Crippen molar-refractivity contribution in [3.8, 4) is 11.5 Å². The third-order valence-electron chi connectivity index (χ3n) is 7.05. The highest BCUT2D eigenvalue weighted by atomic mass is 16.5. The van der Waals surface area contributed by atoms with Crippen LogP contribution in [0.2, 0.25) is 0 Å². The largest absolute Gasteiger partial charge is 0.494 e. The molecule has 8 nitrogen and oxygen atoms in total. The molecule has 1 heterocycles. The van der Waals surface area contributed by atoms with Gasteiger partial charge in [0.1, 0.15) is 22.7 Å². The second kappa shape index (κ2) is 11.4. The first-order valence-electron chi connectivity index (χ1n) is 12.6. The molecular weight excluding hydrogens is 456 g/mol. The maximum atomic E-state index is 13.6. The number of H-pyrrole nitrogens is 1. The molecule has 4 N–H and O–H groups in total. The Kier molecular flexibility index (Phi) is 8.03. The Morgan fingerprint density at radius 2 is 1.69 bits per heavy atom. The third-order valence-corrected chi connectivity index (χ3v) is 7.05. The van der Waals surface area contributed by atoms with Gasteiger partial charge in [-0.3, -0.25) is 4.79 Å². The van der Waals surface area contributed by atoms with Gasteiger partial charge in [-0.15, -0.1) is 0 Å². The molecule has 192 valence electrons. The van der Waals surface area contributed by atoms with E-state index >= 15 is 0 Å². The number of para-hydroxylation sites is 2. The highest BCUT2D eigenvalue weighted by Crippen LogP contribution is 2.34. The number of rotatable bonds is 9. The molecule has 8 heteroatoms. The van der Waals surface area contributed by atoms with Crippen LogP contribution in [0.4, 0.5) is 10.5 Å². The molecule has 0 aliphatic heterocycles. The number of amides is 3. The van der Waals surface area contributed by atoms with Crippen molar-refractivity contribution in [3.63, 3.8) is 0 Å². The van der Waals surface area contributed by atoms with Crippen molar-refractivity contribution in [3.05, 3.63) is 54.2 Å². The molecule has 1 saturated carbocycles. The summed E-state index contributed by atoms with van der Waals surface area (Å²) in [6.07, 6.45) is 8.14. The van der Waals surface area contributed by atoms with Crippen molar-refractivity contribution in [2.75, 3.05) is 26.1 Å². The molecular formula is C28H36N4O4. The summed E-state index contributed by atoms with van der Waals surface area (Å²) in [4.78, 5) is 30.1. The average molecular weight is 493 g/mol. The Bertz CT molecular complexity index is 1180. The van der Waals surface area contributed by atoms with Crippen molar-refractivity contribution in [2.45, 2.75) is 51.0 Å². The van der Waals surface area contributed by atoms with Gasteiger partial charge in [0.25, 0.3) is 0 Å². The van der Waals surface area contributed by atoms with E-state index in [9.17, 15) is 9.59 Å². The van der Waals surface area contributed by atoms with Crippen LogP contribution in [0.1, 0.15) is 44.6 Å². The highest BCUT2D eigenvalue weighted by molar-refractivity contribution is 5.98. The highest BCUT2D eigenvalue weighted by Gasteiger charge is 2.36. The molecule has 4 rings (SSSR count). The van der Waals surface area contributed by atoms with E-state index in [0.717, 1.165) is 29.3 Å². The van der Waals surface area contributed by atoms with E-state index in [1.165, 1.54) is 33.5 Å². The van der Waals surface area contributed by atoms with Crippen LogP contribution < -0.4 is 25.4 Å². The number of nitrogens with one attached hydrogen (secondary N) is 4. The lowest BCUT2D eigenvalue weighted by molar-refractivity contribution is -0.126. The summed E-state index contributed by atoms with van der Waals surface area (Å²) in [5, 5.41) is 9.93. The van der Waals surface area contributed by atoms with E-state index in [1.54, 1.807) is 25.1 Å². The van der Waals surface area contributed by atoms with E-state index in [4.69, 9.17) is 9.47 Å². The molecule has 0 spiro atoms. The van der Waals surface area contributed by atoms with E-state index in [2.05, 4.69) is 20.9 Å². The molecule has 1 aromatic heterocycles. The number of carbonyl (C=O) groups excluding carboxylic acids is 2. The van der Waals surface area contributed by atoms with E-state index in [0.29, 0.717) is 36.1 Å². The van der Waals surface area contributed by atoms with Crippen LogP contribution in [0.3, 0.4) is 0 Å². The van der Waals surface area contributed by atoms with Gasteiger partial charge >= 0.3 is 6.03 Å². The Labute approximate surface area is 212 Å². The number of hydrogen-bond acceptors (Lipinski definition) is 4. The minimum Gasteiger partial charge on any atom is -0.494 e. The number of hydrogen-bond donors (Lipinski definition) is 4. The Morgan fingerprint density at radius 3 is 2.39 bits per heavy atom. The first-order valence-corrected chi connectivity index (χ1v) is 12.6. The molecule has 0 unspecified atom stereocenters. The van der Waals surface area contributed by atoms with Crippen LogP contribution in [0.5, 0.6) is 11.5 Å². The second-order valence-electron chi connectivity index (χ2n) is 9.70. The lowest BCUT2D eigenvalue weighted by atomic mass is 9.88. The molecule has 3 amide bonds. The van der Waals surface area contributed by atoms with Gasteiger partial charge in [-0.1, -0.05) is 43.5 Å². The van der Waals surface area contributed by atoms with Crippen LogP contribution in [0, 0.1) is 5.92 Å². The number of benzene rings is 2. The van der Waals surface area contributed by atoms with Crippen molar-refractivity contribution in [1.82, 2.24) is 15.6 Å². The lowest BCUT2D eigenvalue weighted by Crippen LogP contribution is -2.59. The maximum Gasteiger partial charge on any atom is 0.320 e. The summed E-state index contributed by atoms with van der Waals surface area (Å²) in [6.45, 7) is 2.38. The van der Waals surface area contributed by atoms with Gasteiger partial charge in [-0.25, -0.2) is 4.79 Å². The smallest absolute Gasteiger partial charge is 0.320 e. The molecule has 3 aromatic rings.